The summed E-state index contributed by atoms with van der Waals surface area (Å²) in [6, 6.07) is 11.4. The quantitative estimate of drug-likeness (QED) is 0.680. The molecule has 2 aromatic rings. The molecule has 19 heavy (non-hydrogen) atoms. The van der Waals surface area contributed by atoms with E-state index in [0.717, 1.165) is 4.90 Å². The van der Waals surface area contributed by atoms with Crippen LogP contribution in [-0.2, 0) is 5.75 Å². The highest BCUT2D eigenvalue weighted by atomic mass is 35.5. The van der Waals surface area contributed by atoms with Crippen molar-refractivity contribution >= 4 is 29.1 Å². The van der Waals surface area contributed by atoms with Crippen molar-refractivity contribution in [3.8, 4) is 6.07 Å². The van der Waals surface area contributed by atoms with Crippen LogP contribution >= 0.6 is 23.4 Å². The van der Waals surface area contributed by atoms with Crippen LogP contribution in [0.4, 0.5) is 10.1 Å². The summed E-state index contributed by atoms with van der Waals surface area (Å²) in [6.45, 7) is 0. The third-order valence-corrected chi connectivity index (χ3v) is 3.90. The molecule has 0 fully saturated rings. The Kier molecular flexibility index (Phi) is 4.31. The minimum atomic E-state index is -0.353. The third kappa shape index (κ3) is 3.40. The number of nitrogens with zero attached hydrogens (tertiary/aromatic N) is 1. The van der Waals surface area contributed by atoms with Crippen LogP contribution in [0.3, 0.4) is 0 Å². The van der Waals surface area contributed by atoms with E-state index >= 15 is 0 Å². The molecule has 0 saturated heterocycles. The average molecular weight is 293 g/mol. The molecule has 0 aliphatic heterocycles. The molecule has 0 radical (unpaired) electrons. The maximum Gasteiger partial charge on any atom is 0.123 e. The average Bonchev–Trinajstić information content (AvgIpc) is 2.40. The highest BCUT2D eigenvalue weighted by molar-refractivity contribution is 7.98. The zero-order chi connectivity index (χ0) is 13.8. The van der Waals surface area contributed by atoms with E-state index < -0.39 is 0 Å². The van der Waals surface area contributed by atoms with Crippen molar-refractivity contribution in [3.05, 3.63) is 58.4 Å². The number of thioether (sulfide) groups is 1. The molecule has 0 amide bonds. The Morgan fingerprint density at radius 3 is 2.79 bits per heavy atom. The van der Waals surface area contributed by atoms with Crippen LogP contribution in [0.2, 0.25) is 5.02 Å². The molecule has 0 atom stereocenters. The number of hydrogen-bond acceptors (Lipinski definition) is 3. The Morgan fingerprint density at radius 1 is 1.26 bits per heavy atom. The largest absolute Gasteiger partial charge is 0.398 e. The lowest BCUT2D eigenvalue weighted by atomic mass is 10.1. The first-order valence-electron chi connectivity index (χ1n) is 5.46. The van der Waals surface area contributed by atoms with Crippen molar-refractivity contribution in [2.75, 3.05) is 5.73 Å². The smallest absolute Gasteiger partial charge is 0.123 e. The molecule has 0 heterocycles. The fourth-order valence-electron chi connectivity index (χ4n) is 1.58. The van der Waals surface area contributed by atoms with Crippen LogP contribution in [0.1, 0.15) is 11.1 Å². The molecule has 0 aliphatic rings. The summed E-state index contributed by atoms with van der Waals surface area (Å²) < 4.78 is 13.2. The molecule has 96 valence electrons. The molecule has 2 N–H and O–H groups in total. The summed E-state index contributed by atoms with van der Waals surface area (Å²) in [5.74, 6) is 0.110. The summed E-state index contributed by atoms with van der Waals surface area (Å²) in [7, 11) is 0. The molecule has 0 aromatic heterocycles. The first-order valence-corrected chi connectivity index (χ1v) is 6.83. The van der Waals surface area contributed by atoms with E-state index in [1.54, 1.807) is 18.2 Å². The second kappa shape index (κ2) is 5.96. The molecule has 2 rings (SSSR count). The van der Waals surface area contributed by atoms with Gasteiger partial charge in [-0.2, -0.15) is 5.26 Å². The number of nitrogens with two attached hydrogens (primary N) is 1. The van der Waals surface area contributed by atoms with Gasteiger partial charge in [0.25, 0.3) is 0 Å². The number of halogens is 2. The van der Waals surface area contributed by atoms with E-state index in [1.165, 1.54) is 30.0 Å². The van der Waals surface area contributed by atoms with Gasteiger partial charge >= 0.3 is 0 Å². The van der Waals surface area contributed by atoms with Gasteiger partial charge in [0, 0.05) is 21.4 Å². The third-order valence-electron chi connectivity index (χ3n) is 2.55. The van der Waals surface area contributed by atoms with Gasteiger partial charge in [-0.25, -0.2) is 4.39 Å². The van der Waals surface area contributed by atoms with E-state index in [1.807, 2.05) is 6.07 Å². The van der Waals surface area contributed by atoms with Gasteiger partial charge in [0.15, 0.2) is 0 Å². The van der Waals surface area contributed by atoms with Crippen molar-refractivity contribution in [1.82, 2.24) is 0 Å². The Hall–Kier alpha value is -1.70. The second-order valence-corrected chi connectivity index (χ2v) is 5.34. The topological polar surface area (TPSA) is 49.8 Å². The summed E-state index contributed by atoms with van der Waals surface area (Å²) in [5, 5.41) is 9.57. The summed E-state index contributed by atoms with van der Waals surface area (Å²) in [6.07, 6.45) is 0. The van der Waals surface area contributed by atoms with Crippen molar-refractivity contribution in [3.63, 3.8) is 0 Å². The fraction of sp³-hybridized carbons (Fsp3) is 0.0714. The van der Waals surface area contributed by atoms with Crippen LogP contribution in [0.5, 0.6) is 0 Å². The van der Waals surface area contributed by atoms with Gasteiger partial charge in [0.05, 0.1) is 11.6 Å². The maximum absolute atomic E-state index is 13.2. The predicted molar refractivity (Wildman–Crippen MR) is 76.5 cm³/mol. The first-order chi connectivity index (χ1) is 9.10. The summed E-state index contributed by atoms with van der Waals surface area (Å²) in [4.78, 5) is 0.820. The van der Waals surface area contributed by atoms with Crippen LogP contribution in [0.25, 0.3) is 0 Å². The Balaban J connectivity index is 2.21. The SMILES string of the molecule is N#Cc1ccc(F)cc1CSc1cc(Cl)ccc1N. The maximum atomic E-state index is 13.2. The van der Waals surface area contributed by atoms with Crippen LogP contribution in [0.15, 0.2) is 41.3 Å². The van der Waals surface area contributed by atoms with E-state index in [9.17, 15) is 4.39 Å². The van der Waals surface area contributed by atoms with Gasteiger partial charge in [-0.1, -0.05) is 11.6 Å². The predicted octanol–water partition coefficient (Wildman–Crippen LogP) is 4.23. The molecule has 0 unspecified atom stereocenters. The van der Waals surface area contributed by atoms with Gasteiger partial charge in [0.1, 0.15) is 5.82 Å². The molecule has 0 saturated carbocycles. The highest BCUT2D eigenvalue weighted by Gasteiger charge is 2.07. The van der Waals surface area contributed by atoms with Gasteiger partial charge in [-0.3, -0.25) is 0 Å². The molecule has 0 bridgehead atoms. The van der Waals surface area contributed by atoms with E-state index in [0.29, 0.717) is 27.6 Å². The lowest BCUT2D eigenvalue weighted by Gasteiger charge is -2.07. The molecule has 0 aliphatic carbocycles. The summed E-state index contributed by atoms with van der Waals surface area (Å²) in [5.41, 5.74) is 7.56. The lowest BCUT2D eigenvalue weighted by molar-refractivity contribution is 0.626. The van der Waals surface area contributed by atoms with E-state index in [4.69, 9.17) is 22.6 Å². The number of nitriles is 1. The fourth-order valence-corrected chi connectivity index (χ4v) is 2.81. The van der Waals surface area contributed by atoms with Crippen LogP contribution in [-0.4, -0.2) is 0 Å². The number of hydrogen-bond donors (Lipinski definition) is 1. The van der Waals surface area contributed by atoms with Crippen molar-refractivity contribution in [2.24, 2.45) is 0 Å². The minimum absolute atomic E-state index is 0.353. The van der Waals surface area contributed by atoms with Crippen molar-refractivity contribution in [2.45, 2.75) is 10.6 Å². The molecule has 5 heteroatoms. The highest BCUT2D eigenvalue weighted by Crippen LogP contribution is 2.31. The minimum Gasteiger partial charge on any atom is -0.398 e. The second-order valence-electron chi connectivity index (χ2n) is 3.88. The van der Waals surface area contributed by atoms with Crippen molar-refractivity contribution in [1.29, 1.82) is 5.26 Å². The molecule has 0 spiro atoms. The van der Waals surface area contributed by atoms with E-state index in [-0.39, 0.29) is 5.82 Å². The number of rotatable bonds is 3. The van der Waals surface area contributed by atoms with Crippen LogP contribution < -0.4 is 5.73 Å². The van der Waals surface area contributed by atoms with Crippen molar-refractivity contribution < 1.29 is 4.39 Å². The number of nitrogen functional groups attached to an aromatic ring is 1. The monoisotopic (exact) mass is 292 g/mol. The summed E-state index contributed by atoms with van der Waals surface area (Å²) >= 11 is 7.33. The van der Waals surface area contributed by atoms with Crippen LogP contribution in [0, 0.1) is 17.1 Å². The molecular formula is C14H10ClFN2S. The van der Waals surface area contributed by atoms with Gasteiger partial charge in [-0.05, 0) is 42.0 Å². The van der Waals surface area contributed by atoms with Gasteiger partial charge in [0.2, 0.25) is 0 Å². The number of benzene rings is 2. The normalized spacial score (nSPS) is 10.2. The molecule has 2 aromatic carbocycles. The zero-order valence-electron chi connectivity index (χ0n) is 9.86. The Bertz CT molecular complexity index is 652. The number of anilines is 1. The Morgan fingerprint density at radius 2 is 2.05 bits per heavy atom. The van der Waals surface area contributed by atoms with E-state index in [2.05, 4.69) is 0 Å². The van der Waals surface area contributed by atoms with Gasteiger partial charge < -0.3 is 5.73 Å². The lowest BCUT2D eigenvalue weighted by Crippen LogP contribution is -1.92. The first kappa shape index (κ1) is 13.7. The molecular weight excluding hydrogens is 283 g/mol. The zero-order valence-corrected chi connectivity index (χ0v) is 11.4. The Labute approximate surface area is 120 Å². The molecule has 2 nitrogen and oxygen atoms in total. The van der Waals surface area contributed by atoms with Gasteiger partial charge in [-0.15, -0.1) is 11.8 Å². The standard InChI is InChI=1S/C14H10ClFN2S/c15-11-2-4-13(18)14(6-11)19-8-10-5-12(16)3-1-9(10)7-17/h1-6H,8,18H2.